The quantitative estimate of drug-likeness (QED) is 0.864. The standard InChI is InChI=1S/C19H20F2N2O/c1-22-9-11-23(12-10-22)19(24)15-7-8-17(20)18(21)16(15)13-14-5-3-2-4-6-14/h2-8H,9-13H2,1H3. The molecule has 24 heavy (non-hydrogen) atoms. The maximum Gasteiger partial charge on any atom is 0.254 e. The van der Waals surface area contributed by atoms with Crippen LogP contribution in [0, 0.1) is 11.6 Å². The molecule has 1 aliphatic rings. The molecule has 1 saturated heterocycles. The lowest BCUT2D eigenvalue weighted by Gasteiger charge is -2.33. The van der Waals surface area contributed by atoms with Crippen molar-refractivity contribution in [2.45, 2.75) is 6.42 Å². The van der Waals surface area contributed by atoms with Gasteiger partial charge in [-0.05, 0) is 24.7 Å². The lowest BCUT2D eigenvalue weighted by Crippen LogP contribution is -2.47. The van der Waals surface area contributed by atoms with E-state index in [1.165, 1.54) is 6.07 Å². The summed E-state index contributed by atoms with van der Waals surface area (Å²) in [6.07, 6.45) is 0.194. The first-order valence-corrected chi connectivity index (χ1v) is 8.05. The van der Waals surface area contributed by atoms with Gasteiger partial charge in [-0.1, -0.05) is 30.3 Å². The molecule has 2 aromatic rings. The van der Waals surface area contributed by atoms with Crippen molar-refractivity contribution in [2.75, 3.05) is 33.2 Å². The average molecular weight is 330 g/mol. The van der Waals surface area contributed by atoms with Crippen LogP contribution in [0.25, 0.3) is 0 Å². The van der Waals surface area contributed by atoms with Gasteiger partial charge in [0.1, 0.15) is 0 Å². The van der Waals surface area contributed by atoms with Gasteiger partial charge in [0.05, 0.1) is 0 Å². The summed E-state index contributed by atoms with van der Waals surface area (Å²) in [6.45, 7) is 2.76. The van der Waals surface area contributed by atoms with Crippen molar-refractivity contribution in [3.05, 3.63) is 70.8 Å². The second-order valence-corrected chi connectivity index (χ2v) is 6.15. The first-order chi connectivity index (χ1) is 11.6. The first-order valence-electron chi connectivity index (χ1n) is 8.05. The second-order valence-electron chi connectivity index (χ2n) is 6.15. The predicted octanol–water partition coefficient (Wildman–Crippen LogP) is 2.94. The van der Waals surface area contributed by atoms with E-state index in [0.717, 1.165) is 24.7 Å². The minimum absolute atomic E-state index is 0.130. The van der Waals surface area contributed by atoms with E-state index >= 15 is 0 Å². The van der Waals surface area contributed by atoms with Crippen LogP contribution in [0.15, 0.2) is 42.5 Å². The lowest BCUT2D eigenvalue weighted by atomic mass is 9.97. The van der Waals surface area contributed by atoms with E-state index in [0.29, 0.717) is 13.1 Å². The van der Waals surface area contributed by atoms with Gasteiger partial charge in [-0.3, -0.25) is 4.79 Å². The number of hydrogen-bond donors (Lipinski definition) is 0. The highest BCUT2D eigenvalue weighted by molar-refractivity contribution is 5.96. The van der Waals surface area contributed by atoms with E-state index < -0.39 is 11.6 Å². The Morgan fingerprint density at radius 1 is 1.00 bits per heavy atom. The van der Waals surface area contributed by atoms with Crippen LogP contribution in [0.2, 0.25) is 0 Å². The summed E-state index contributed by atoms with van der Waals surface area (Å²) in [5.41, 5.74) is 1.22. The topological polar surface area (TPSA) is 23.6 Å². The fourth-order valence-electron chi connectivity index (χ4n) is 2.95. The number of amides is 1. The highest BCUT2D eigenvalue weighted by Gasteiger charge is 2.25. The molecule has 0 N–H and O–H groups in total. The summed E-state index contributed by atoms with van der Waals surface area (Å²) in [7, 11) is 2.00. The molecule has 1 heterocycles. The third kappa shape index (κ3) is 3.46. The summed E-state index contributed by atoms with van der Waals surface area (Å²) in [5, 5.41) is 0. The van der Waals surface area contributed by atoms with Crippen molar-refractivity contribution >= 4 is 5.91 Å². The second kappa shape index (κ2) is 7.09. The van der Waals surface area contributed by atoms with E-state index in [9.17, 15) is 13.6 Å². The van der Waals surface area contributed by atoms with Crippen molar-refractivity contribution in [1.29, 1.82) is 0 Å². The molecule has 0 bridgehead atoms. The highest BCUT2D eigenvalue weighted by atomic mass is 19.2. The molecule has 0 atom stereocenters. The van der Waals surface area contributed by atoms with Gasteiger partial charge in [-0.15, -0.1) is 0 Å². The maximum atomic E-state index is 14.4. The van der Waals surface area contributed by atoms with Crippen molar-refractivity contribution in [3.63, 3.8) is 0 Å². The zero-order valence-electron chi connectivity index (χ0n) is 13.6. The molecule has 2 aromatic carbocycles. The van der Waals surface area contributed by atoms with E-state index in [1.54, 1.807) is 4.90 Å². The zero-order valence-corrected chi connectivity index (χ0v) is 13.6. The number of hydrogen-bond acceptors (Lipinski definition) is 2. The Kier molecular flexibility index (Phi) is 4.90. The van der Waals surface area contributed by atoms with E-state index in [-0.39, 0.29) is 23.5 Å². The molecule has 0 aliphatic carbocycles. The van der Waals surface area contributed by atoms with Crippen molar-refractivity contribution < 1.29 is 13.6 Å². The van der Waals surface area contributed by atoms with E-state index in [2.05, 4.69) is 4.90 Å². The highest BCUT2D eigenvalue weighted by Crippen LogP contribution is 2.22. The number of piperazine rings is 1. The Labute approximate surface area is 140 Å². The van der Waals surface area contributed by atoms with Gasteiger partial charge in [0.2, 0.25) is 0 Å². The van der Waals surface area contributed by atoms with E-state index in [4.69, 9.17) is 0 Å². The Hall–Kier alpha value is -2.27. The summed E-state index contributed by atoms with van der Waals surface area (Å²) in [5.74, 6) is -2.08. The Morgan fingerprint density at radius 2 is 1.67 bits per heavy atom. The molecule has 0 radical (unpaired) electrons. The SMILES string of the molecule is CN1CCN(C(=O)c2ccc(F)c(F)c2Cc2ccccc2)CC1. The average Bonchev–Trinajstić information content (AvgIpc) is 2.60. The van der Waals surface area contributed by atoms with Gasteiger partial charge in [0.25, 0.3) is 5.91 Å². The van der Waals surface area contributed by atoms with Crippen molar-refractivity contribution in [1.82, 2.24) is 9.80 Å². The lowest BCUT2D eigenvalue weighted by molar-refractivity contribution is 0.0662. The molecule has 0 aromatic heterocycles. The molecule has 126 valence electrons. The normalized spacial score (nSPS) is 15.5. The monoisotopic (exact) mass is 330 g/mol. The van der Waals surface area contributed by atoms with Crippen LogP contribution in [0.5, 0.6) is 0 Å². The van der Waals surface area contributed by atoms with Crippen LogP contribution < -0.4 is 0 Å². The molecule has 3 nitrogen and oxygen atoms in total. The molecule has 0 saturated carbocycles. The van der Waals surface area contributed by atoms with Gasteiger partial charge in [-0.25, -0.2) is 8.78 Å². The van der Waals surface area contributed by atoms with Crippen molar-refractivity contribution in [3.8, 4) is 0 Å². The Bertz CT molecular complexity index is 726. The molecule has 5 heteroatoms. The largest absolute Gasteiger partial charge is 0.336 e. The van der Waals surface area contributed by atoms with E-state index in [1.807, 2.05) is 37.4 Å². The maximum absolute atomic E-state index is 14.4. The minimum Gasteiger partial charge on any atom is -0.336 e. The van der Waals surface area contributed by atoms with Gasteiger partial charge >= 0.3 is 0 Å². The number of nitrogens with zero attached hydrogens (tertiary/aromatic N) is 2. The van der Waals surface area contributed by atoms with Crippen LogP contribution >= 0.6 is 0 Å². The van der Waals surface area contributed by atoms with Gasteiger partial charge in [-0.2, -0.15) is 0 Å². The Balaban J connectivity index is 1.92. The fraction of sp³-hybridized carbons (Fsp3) is 0.316. The van der Waals surface area contributed by atoms with Crippen LogP contribution in [0.3, 0.4) is 0 Å². The van der Waals surface area contributed by atoms with Crippen LogP contribution in [0.4, 0.5) is 8.78 Å². The molecule has 1 fully saturated rings. The Morgan fingerprint density at radius 3 is 2.33 bits per heavy atom. The van der Waals surface area contributed by atoms with Gasteiger partial charge in [0.15, 0.2) is 11.6 Å². The van der Waals surface area contributed by atoms with Gasteiger partial charge in [0, 0.05) is 43.7 Å². The summed E-state index contributed by atoms with van der Waals surface area (Å²) in [4.78, 5) is 16.6. The molecule has 0 unspecified atom stereocenters. The molecular formula is C19H20F2N2O. The third-order valence-electron chi connectivity index (χ3n) is 4.44. The zero-order chi connectivity index (χ0) is 17.1. The number of halogens is 2. The summed E-state index contributed by atoms with van der Waals surface area (Å²) >= 11 is 0. The third-order valence-corrected chi connectivity index (χ3v) is 4.44. The first kappa shape index (κ1) is 16.6. The number of carbonyl (C=O) groups is 1. The molecule has 0 spiro atoms. The summed E-state index contributed by atoms with van der Waals surface area (Å²) < 4.78 is 28.1. The number of carbonyl (C=O) groups excluding carboxylic acids is 1. The molecule has 1 aliphatic heterocycles. The molecule has 3 rings (SSSR count). The summed E-state index contributed by atoms with van der Waals surface area (Å²) in [6, 6.07) is 11.7. The predicted molar refractivity (Wildman–Crippen MR) is 89.0 cm³/mol. The smallest absolute Gasteiger partial charge is 0.254 e. The van der Waals surface area contributed by atoms with Crippen LogP contribution in [-0.4, -0.2) is 48.9 Å². The number of rotatable bonds is 3. The van der Waals surface area contributed by atoms with Crippen LogP contribution in [-0.2, 0) is 6.42 Å². The van der Waals surface area contributed by atoms with Crippen LogP contribution in [0.1, 0.15) is 21.5 Å². The van der Waals surface area contributed by atoms with Crippen molar-refractivity contribution in [2.24, 2.45) is 0 Å². The molecular weight excluding hydrogens is 310 g/mol. The number of benzene rings is 2. The molecule has 1 amide bonds. The van der Waals surface area contributed by atoms with Gasteiger partial charge < -0.3 is 9.80 Å². The fourth-order valence-corrected chi connectivity index (χ4v) is 2.95. The minimum atomic E-state index is -0.932. The number of likely N-dealkylation sites (N-methyl/N-ethyl adjacent to an activating group) is 1.